The molecular weight excluding hydrogens is 388 g/mol. The fourth-order valence-electron chi connectivity index (χ4n) is 3.82. The summed E-state index contributed by atoms with van der Waals surface area (Å²) < 4.78 is 5.58. The molecule has 29 heavy (non-hydrogen) atoms. The van der Waals surface area contributed by atoms with Gasteiger partial charge in [0.15, 0.2) is 5.96 Å². The van der Waals surface area contributed by atoms with E-state index in [1.165, 1.54) is 25.7 Å². The van der Waals surface area contributed by atoms with Gasteiger partial charge in [0.2, 0.25) is 5.91 Å². The second-order valence-electron chi connectivity index (χ2n) is 7.72. The smallest absolute Gasteiger partial charge is 0.226 e. The lowest BCUT2D eigenvalue weighted by Crippen LogP contribution is -2.44. The number of amides is 1. The average Bonchev–Trinajstić information content (AvgIpc) is 3.17. The van der Waals surface area contributed by atoms with Crippen LogP contribution in [-0.4, -0.2) is 45.2 Å². The number of carbonyl (C=O) groups is 1. The van der Waals surface area contributed by atoms with Crippen LogP contribution in [0.5, 0.6) is 0 Å². The van der Waals surface area contributed by atoms with Gasteiger partial charge in [0.1, 0.15) is 0 Å². The van der Waals surface area contributed by atoms with Crippen LogP contribution in [0.15, 0.2) is 23.2 Å². The van der Waals surface area contributed by atoms with Crippen LogP contribution in [-0.2, 0) is 9.53 Å². The molecule has 1 aromatic rings. The molecule has 0 heterocycles. The molecule has 1 fully saturated rings. The van der Waals surface area contributed by atoms with Crippen molar-refractivity contribution in [1.82, 2.24) is 10.6 Å². The topological polar surface area (TPSA) is 74.8 Å². The molecule has 2 rings (SSSR count). The average molecular weight is 423 g/mol. The van der Waals surface area contributed by atoms with E-state index in [1.54, 1.807) is 7.05 Å². The number of halogens is 1. The van der Waals surface area contributed by atoms with Crippen LogP contribution in [0.1, 0.15) is 51.0 Å². The van der Waals surface area contributed by atoms with Gasteiger partial charge in [-0.25, -0.2) is 0 Å². The zero-order chi connectivity index (χ0) is 21.1. The number of nitrogens with one attached hydrogen (secondary N) is 3. The van der Waals surface area contributed by atoms with Crippen molar-refractivity contribution < 1.29 is 9.53 Å². The van der Waals surface area contributed by atoms with Crippen molar-refractivity contribution >= 4 is 29.2 Å². The highest BCUT2D eigenvalue weighted by Crippen LogP contribution is 2.40. The van der Waals surface area contributed by atoms with Crippen LogP contribution in [0, 0.1) is 12.3 Å². The van der Waals surface area contributed by atoms with E-state index < -0.39 is 0 Å². The van der Waals surface area contributed by atoms with Gasteiger partial charge in [-0.15, -0.1) is 0 Å². The monoisotopic (exact) mass is 422 g/mol. The van der Waals surface area contributed by atoms with Gasteiger partial charge in [0.05, 0.1) is 0 Å². The molecule has 0 aromatic heterocycles. The Labute approximate surface area is 179 Å². The van der Waals surface area contributed by atoms with Crippen LogP contribution in [0.2, 0.25) is 5.02 Å². The van der Waals surface area contributed by atoms with Gasteiger partial charge in [-0.1, -0.05) is 30.5 Å². The van der Waals surface area contributed by atoms with E-state index in [0.717, 1.165) is 43.4 Å². The summed E-state index contributed by atoms with van der Waals surface area (Å²) in [5, 5.41) is 10.3. The summed E-state index contributed by atoms with van der Waals surface area (Å²) in [5.41, 5.74) is 1.92. The minimum atomic E-state index is -0.0534. The fraction of sp³-hybridized carbons (Fsp3) is 0.636. The van der Waals surface area contributed by atoms with Gasteiger partial charge in [-0.2, -0.15) is 0 Å². The van der Waals surface area contributed by atoms with E-state index in [9.17, 15) is 4.79 Å². The van der Waals surface area contributed by atoms with E-state index >= 15 is 0 Å². The Morgan fingerprint density at radius 2 is 2.03 bits per heavy atom. The van der Waals surface area contributed by atoms with E-state index in [0.29, 0.717) is 18.0 Å². The third-order valence-corrected chi connectivity index (χ3v) is 6.10. The van der Waals surface area contributed by atoms with Crippen molar-refractivity contribution in [3.05, 3.63) is 28.8 Å². The first-order valence-electron chi connectivity index (χ1n) is 10.6. The second-order valence-corrected chi connectivity index (χ2v) is 8.12. The Morgan fingerprint density at radius 1 is 1.28 bits per heavy atom. The van der Waals surface area contributed by atoms with Crippen molar-refractivity contribution in [1.29, 1.82) is 0 Å². The van der Waals surface area contributed by atoms with Gasteiger partial charge >= 0.3 is 0 Å². The van der Waals surface area contributed by atoms with Crippen molar-refractivity contribution in [2.24, 2.45) is 10.4 Å². The summed E-state index contributed by atoms with van der Waals surface area (Å²) in [4.78, 5) is 16.5. The molecule has 0 aliphatic heterocycles. The minimum Gasteiger partial charge on any atom is -0.382 e. The predicted octanol–water partition coefficient (Wildman–Crippen LogP) is 4.13. The van der Waals surface area contributed by atoms with E-state index in [4.69, 9.17) is 16.3 Å². The van der Waals surface area contributed by atoms with Gasteiger partial charge < -0.3 is 20.7 Å². The first kappa shape index (κ1) is 23.5. The molecule has 0 radical (unpaired) electrons. The molecule has 1 aliphatic carbocycles. The van der Waals surface area contributed by atoms with E-state index in [1.807, 2.05) is 32.0 Å². The highest BCUT2D eigenvalue weighted by atomic mass is 35.5. The molecule has 3 N–H and O–H groups in total. The fourth-order valence-corrected chi connectivity index (χ4v) is 3.99. The van der Waals surface area contributed by atoms with Gasteiger partial charge in [-0.05, 0) is 56.2 Å². The maximum Gasteiger partial charge on any atom is 0.226 e. The normalized spacial score (nSPS) is 15.9. The molecule has 1 saturated carbocycles. The van der Waals surface area contributed by atoms with Crippen LogP contribution in [0.3, 0.4) is 0 Å². The van der Waals surface area contributed by atoms with Crippen molar-refractivity contribution in [2.75, 3.05) is 38.7 Å². The third-order valence-electron chi connectivity index (χ3n) is 5.69. The Kier molecular flexibility index (Phi) is 9.74. The number of anilines is 1. The van der Waals surface area contributed by atoms with Gasteiger partial charge in [-0.3, -0.25) is 9.79 Å². The minimum absolute atomic E-state index is 0.0534. The lowest BCUT2D eigenvalue weighted by Gasteiger charge is -2.30. The van der Waals surface area contributed by atoms with Crippen LogP contribution < -0.4 is 16.0 Å². The summed E-state index contributed by atoms with van der Waals surface area (Å²) in [5.74, 6) is 0.682. The molecule has 0 bridgehead atoms. The number of nitrogens with zero attached hydrogens (tertiary/aromatic N) is 1. The quantitative estimate of drug-likeness (QED) is 0.301. The maximum atomic E-state index is 12.2. The predicted molar refractivity (Wildman–Crippen MR) is 121 cm³/mol. The van der Waals surface area contributed by atoms with E-state index in [2.05, 4.69) is 20.9 Å². The Morgan fingerprint density at radius 3 is 2.72 bits per heavy atom. The third kappa shape index (κ3) is 7.52. The largest absolute Gasteiger partial charge is 0.382 e. The first-order chi connectivity index (χ1) is 14.0. The first-order valence-corrected chi connectivity index (χ1v) is 10.9. The number of hydrogen-bond acceptors (Lipinski definition) is 3. The van der Waals surface area contributed by atoms with Crippen LogP contribution in [0.25, 0.3) is 0 Å². The lowest BCUT2D eigenvalue weighted by molar-refractivity contribution is -0.116. The lowest BCUT2D eigenvalue weighted by atomic mass is 9.83. The van der Waals surface area contributed by atoms with Crippen molar-refractivity contribution in [3.8, 4) is 0 Å². The summed E-state index contributed by atoms with van der Waals surface area (Å²) in [6.07, 6.45) is 6.44. The molecule has 162 valence electrons. The number of ether oxygens (including phenoxy) is 1. The number of aliphatic imine (C=N–C) groups is 1. The molecule has 6 nitrogen and oxygen atoms in total. The number of carbonyl (C=O) groups excluding carboxylic acids is 1. The SMILES string of the molecule is CCOCCC1(CNC(=NC)NCCC(=O)Nc2cccc(Cl)c2C)CCCC1. The van der Waals surface area contributed by atoms with Crippen LogP contribution >= 0.6 is 11.6 Å². The summed E-state index contributed by atoms with van der Waals surface area (Å²) >= 11 is 6.11. The second kappa shape index (κ2) is 12.0. The molecule has 1 amide bonds. The Hall–Kier alpha value is -1.79. The number of rotatable bonds is 10. The zero-order valence-corrected chi connectivity index (χ0v) is 18.7. The zero-order valence-electron chi connectivity index (χ0n) is 17.9. The number of guanidine groups is 1. The van der Waals surface area contributed by atoms with Crippen LogP contribution in [0.4, 0.5) is 5.69 Å². The molecule has 0 atom stereocenters. The summed E-state index contributed by atoms with van der Waals surface area (Å²) in [6.45, 7) is 6.91. The molecule has 7 heteroatoms. The number of hydrogen-bond donors (Lipinski definition) is 3. The van der Waals surface area contributed by atoms with Gasteiger partial charge in [0.25, 0.3) is 0 Å². The molecule has 0 spiro atoms. The molecule has 1 aliphatic rings. The van der Waals surface area contributed by atoms with Crippen molar-refractivity contribution in [3.63, 3.8) is 0 Å². The Bertz CT molecular complexity index is 687. The molecular formula is C22H35ClN4O2. The highest BCUT2D eigenvalue weighted by Gasteiger charge is 2.33. The Balaban J connectivity index is 1.75. The van der Waals surface area contributed by atoms with Crippen molar-refractivity contribution in [2.45, 2.75) is 52.4 Å². The van der Waals surface area contributed by atoms with Gasteiger partial charge in [0, 0.05) is 50.5 Å². The standard InChI is InChI=1S/C22H35ClN4O2/c1-4-29-15-13-22(11-5-6-12-22)16-26-21(24-3)25-14-10-20(28)27-19-9-7-8-18(23)17(19)2/h7-9H,4-6,10-16H2,1-3H3,(H,27,28)(H2,24,25,26). The van der Waals surface area contributed by atoms with E-state index in [-0.39, 0.29) is 11.3 Å². The molecule has 1 aromatic carbocycles. The summed E-state index contributed by atoms with van der Waals surface area (Å²) in [7, 11) is 1.76. The molecule has 0 saturated heterocycles. The molecule has 0 unspecified atom stereocenters. The highest BCUT2D eigenvalue weighted by molar-refractivity contribution is 6.31. The number of benzene rings is 1. The summed E-state index contributed by atoms with van der Waals surface area (Å²) in [6, 6.07) is 5.50. The maximum absolute atomic E-state index is 12.2.